The maximum absolute atomic E-state index is 5.93. The maximum atomic E-state index is 5.93. The van der Waals surface area contributed by atoms with E-state index in [1.165, 1.54) is 6.20 Å². The van der Waals surface area contributed by atoms with Gasteiger partial charge < -0.3 is 0 Å². The topological polar surface area (TPSA) is 38.7 Å². The molecule has 0 aromatic carbocycles. The Bertz CT molecular complexity index is 516. The van der Waals surface area contributed by atoms with Gasteiger partial charge in [-0.05, 0) is 11.6 Å². The number of rotatable bonds is 2. The predicted molar refractivity (Wildman–Crippen MR) is 64.1 cm³/mol. The molecule has 0 saturated heterocycles. The smallest absolute Gasteiger partial charge is 0.152 e. The number of halogens is 3. The van der Waals surface area contributed by atoms with Crippen molar-refractivity contribution < 1.29 is 0 Å². The molecule has 0 radical (unpaired) electrons. The number of pyridine rings is 1. The van der Waals surface area contributed by atoms with E-state index < -0.39 is 0 Å². The van der Waals surface area contributed by atoms with E-state index in [-0.39, 0.29) is 10.3 Å². The van der Waals surface area contributed by atoms with Crippen molar-refractivity contribution in [3.8, 4) is 0 Å². The standard InChI is InChI=1S/C10H6Cl3N3/c11-8-5-15-7(10(13)16-8)4-6-2-1-3-14-9(6)12/h1-3,5H,4H2. The first-order valence-electron chi connectivity index (χ1n) is 4.43. The van der Waals surface area contributed by atoms with Crippen molar-refractivity contribution in [1.29, 1.82) is 0 Å². The molecule has 0 amide bonds. The molecule has 0 unspecified atom stereocenters. The van der Waals surface area contributed by atoms with E-state index in [4.69, 9.17) is 34.8 Å². The third-order valence-electron chi connectivity index (χ3n) is 1.96. The fraction of sp³-hybridized carbons (Fsp3) is 0.100. The Labute approximate surface area is 107 Å². The van der Waals surface area contributed by atoms with Gasteiger partial charge in [-0.3, -0.25) is 4.98 Å². The Balaban J connectivity index is 2.31. The van der Waals surface area contributed by atoms with Gasteiger partial charge >= 0.3 is 0 Å². The molecular weight excluding hydrogens is 268 g/mol. The summed E-state index contributed by atoms with van der Waals surface area (Å²) in [6.07, 6.45) is 3.56. The molecular formula is C10H6Cl3N3. The largest absolute Gasteiger partial charge is 0.255 e. The molecule has 3 nitrogen and oxygen atoms in total. The van der Waals surface area contributed by atoms with Gasteiger partial charge in [0.25, 0.3) is 0 Å². The lowest BCUT2D eigenvalue weighted by molar-refractivity contribution is 1.02. The molecule has 82 valence electrons. The molecule has 2 heterocycles. The molecule has 0 fully saturated rings. The van der Waals surface area contributed by atoms with Crippen LogP contribution < -0.4 is 0 Å². The second kappa shape index (κ2) is 4.95. The lowest BCUT2D eigenvalue weighted by atomic mass is 10.2. The van der Waals surface area contributed by atoms with Crippen LogP contribution >= 0.6 is 34.8 Å². The van der Waals surface area contributed by atoms with Gasteiger partial charge in [-0.15, -0.1) is 0 Å². The van der Waals surface area contributed by atoms with Crippen LogP contribution in [-0.2, 0) is 6.42 Å². The van der Waals surface area contributed by atoms with E-state index in [2.05, 4.69) is 15.0 Å². The lowest BCUT2D eigenvalue weighted by Gasteiger charge is -2.04. The highest BCUT2D eigenvalue weighted by Crippen LogP contribution is 2.20. The molecule has 2 aromatic rings. The average Bonchev–Trinajstić information content (AvgIpc) is 2.25. The second-order valence-electron chi connectivity index (χ2n) is 3.06. The molecule has 0 saturated carbocycles. The van der Waals surface area contributed by atoms with E-state index in [1.54, 1.807) is 12.3 Å². The highest BCUT2D eigenvalue weighted by molar-refractivity contribution is 6.32. The second-order valence-corrected chi connectivity index (χ2v) is 4.16. The summed E-state index contributed by atoms with van der Waals surface area (Å²) in [5.41, 5.74) is 1.48. The minimum Gasteiger partial charge on any atom is -0.255 e. The van der Waals surface area contributed by atoms with Crippen molar-refractivity contribution in [2.24, 2.45) is 0 Å². The highest BCUT2D eigenvalue weighted by atomic mass is 35.5. The minimum atomic E-state index is 0.269. The van der Waals surface area contributed by atoms with Crippen molar-refractivity contribution in [3.63, 3.8) is 0 Å². The van der Waals surface area contributed by atoms with E-state index in [1.807, 2.05) is 6.07 Å². The van der Waals surface area contributed by atoms with E-state index in [0.717, 1.165) is 5.56 Å². The molecule has 0 atom stereocenters. The first-order chi connectivity index (χ1) is 7.66. The molecule has 16 heavy (non-hydrogen) atoms. The summed E-state index contributed by atoms with van der Waals surface area (Å²) in [5.74, 6) is 0. The summed E-state index contributed by atoms with van der Waals surface area (Å²) in [6, 6.07) is 3.67. The Morgan fingerprint density at radius 3 is 2.56 bits per heavy atom. The van der Waals surface area contributed by atoms with Gasteiger partial charge in [-0.1, -0.05) is 40.9 Å². The van der Waals surface area contributed by atoms with Crippen LogP contribution in [0.4, 0.5) is 0 Å². The van der Waals surface area contributed by atoms with Crippen molar-refractivity contribution in [2.45, 2.75) is 6.42 Å². The van der Waals surface area contributed by atoms with Gasteiger partial charge in [0.15, 0.2) is 5.15 Å². The molecule has 2 aromatic heterocycles. The van der Waals surface area contributed by atoms with Crippen LogP contribution in [0.15, 0.2) is 24.5 Å². The van der Waals surface area contributed by atoms with Gasteiger partial charge in [0.2, 0.25) is 0 Å². The van der Waals surface area contributed by atoms with E-state index in [9.17, 15) is 0 Å². The Morgan fingerprint density at radius 1 is 1.06 bits per heavy atom. The van der Waals surface area contributed by atoms with Gasteiger partial charge in [0.1, 0.15) is 10.3 Å². The van der Waals surface area contributed by atoms with Gasteiger partial charge in [0, 0.05) is 12.6 Å². The van der Waals surface area contributed by atoms with Crippen molar-refractivity contribution in [2.75, 3.05) is 0 Å². The quantitative estimate of drug-likeness (QED) is 0.788. The Kier molecular flexibility index (Phi) is 3.59. The maximum Gasteiger partial charge on any atom is 0.152 e. The number of nitrogens with zero attached hydrogens (tertiary/aromatic N) is 3. The normalized spacial score (nSPS) is 10.4. The summed E-state index contributed by atoms with van der Waals surface area (Å²) in [5, 5.41) is 0.994. The molecule has 6 heteroatoms. The predicted octanol–water partition coefficient (Wildman–Crippen LogP) is 3.42. The molecule has 0 aliphatic carbocycles. The molecule has 0 aliphatic rings. The summed E-state index contributed by atoms with van der Waals surface area (Å²) >= 11 is 17.5. The monoisotopic (exact) mass is 273 g/mol. The summed E-state index contributed by atoms with van der Waals surface area (Å²) < 4.78 is 0. The first kappa shape index (κ1) is 11.6. The van der Waals surface area contributed by atoms with Crippen LogP contribution in [0.25, 0.3) is 0 Å². The first-order valence-corrected chi connectivity index (χ1v) is 5.56. The van der Waals surface area contributed by atoms with E-state index in [0.29, 0.717) is 17.3 Å². The van der Waals surface area contributed by atoms with Gasteiger partial charge in [-0.25, -0.2) is 9.97 Å². The van der Waals surface area contributed by atoms with Crippen LogP contribution in [0.5, 0.6) is 0 Å². The SMILES string of the molecule is Clc1cnc(Cc2cccnc2Cl)c(Cl)n1. The third kappa shape index (κ3) is 2.61. The Morgan fingerprint density at radius 2 is 1.88 bits per heavy atom. The third-order valence-corrected chi connectivity index (χ3v) is 2.79. The van der Waals surface area contributed by atoms with Crippen molar-refractivity contribution in [3.05, 3.63) is 51.2 Å². The molecule has 0 aliphatic heterocycles. The average molecular weight is 275 g/mol. The lowest BCUT2D eigenvalue weighted by Crippen LogP contribution is -1.97. The number of hydrogen-bond acceptors (Lipinski definition) is 3. The van der Waals surface area contributed by atoms with Crippen LogP contribution in [0.3, 0.4) is 0 Å². The van der Waals surface area contributed by atoms with Crippen LogP contribution in [0.2, 0.25) is 15.5 Å². The summed E-state index contributed by atoms with van der Waals surface area (Å²) in [6.45, 7) is 0. The van der Waals surface area contributed by atoms with Crippen molar-refractivity contribution in [1.82, 2.24) is 15.0 Å². The number of hydrogen-bond donors (Lipinski definition) is 0. The minimum absolute atomic E-state index is 0.269. The van der Waals surface area contributed by atoms with Crippen LogP contribution in [-0.4, -0.2) is 15.0 Å². The molecule has 0 N–H and O–H groups in total. The molecule has 0 bridgehead atoms. The van der Waals surface area contributed by atoms with Crippen LogP contribution in [0.1, 0.15) is 11.3 Å². The zero-order valence-electron chi connectivity index (χ0n) is 7.99. The van der Waals surface area contributed by atoms with E-state index >= 15 is 0 Å². The highest BCUT2D eigenvalue weighted by Gasteiger charge is 2.08. The number of aromatic nitrogens is 3. The fourth-order valence-corrected chi connectivity index (χ4v) is 1.79. The fourth-order valence-electron chi connectivity index (χ4n) is 1.22. The zero-order valence-corrected chi connectivity index (χ0v) is 10.3. The molecule has 0 spiro atoms. The zero-order chi connectivity index (χ0) is 11.5. The van der Waals surface area contributed by atoms with Gasteiger partial charge in [0.05, 0.1) is 11.9 Å². The van der Waals surface area contributed by atoms with Crippen molar-refractivity contribution >= 4 is 34.8 Å². The Hall–Kier alpha value is -0.900. The molecule has 2 rings (SSSR count). The summed E-state index contributed by atoms with van der Waals surface area (Å²) in [7, 11) is 0. The summed E-state index contributed by atoms with van der Waals surface area (Å²) in [4.78, 5) is 12.0. The van der Waals surface area contributed by atoms with Crippen LogP contribution in [0, 0.1) is 0 Å². The van der Waals surface area contributed by atoms with Gasteiger partial charge in [-0.2, -0.15) is 0 Å².